The summed E-state index contributed by atoms with van der Waals surface area (Å²) in [5, 5.41) is 31.7. The van der Waals surface area contributed by atoms with Crippen molar-refractivity contribution in [1.82, 2.24) is 35.9 Å². The van der Waals surface area contributed by atoms with Crippen molar-refractivity contribution >= 4 is 17.4 Å². The molecule has 11 heteroatoms. The average Bonchev–Trinajstić information content (AvgIpc) is 3.47. The van der Waals surface area contributed by atoms with Crippen molar-refractivity contribution in [3.8, 4) is 17.3 Å². The van der Waals surface area contributed by atoms with Crippen LogP contribution in [0.2, 0.25) is 5.02 Å². The van der Waals surface area contributed by atoms with E-state index in [0.29, 0.717) is 42.8 Å². The third-order valence-electron chi connectivity index (χ3n) is 7.97. The quantitative estimate of drug-likeness (QED) is 0.336. The molecule has 0 aromatic carbocycles. The van der Waals surface area contributed by atoms with Crippen LogP contribution in [0.1, 0.15) is 57.0 Å². The molecule has 206 valence electrons. The number of anilines is 1. The minimum atomic E-state index is -0.418. The van der Waals surface area contributed by atoms with E-state index in [1.165, 1.54) is 0 Å². The minimum Gasteiger partial charge on any atom is -0.381 e. The highest BCUT2D eigenvalue weighted by Gasteiger charge is 2.32. The number of hydrogen-bond donors (Lipinski definition) is 3. The molecular formula is C28H36ClN9O. The molecule has 1 saturated heterocycles. The third-order valence-corrected chi connectivity index (χ3v) is 8.28. The van der Waals surface area contributed by atoms with Gasteiger partial charge in [-0.05, 0) is 76.0 Å². The Morgan fingerprint density at radius 1 is 1.23 bits per heavy atom. The molecule has 1 aliphatic carbocycles. The monoisotopic (exact) mass is 549 g/mol. The molecule has 2 aliphatic rings. The van der Waals surface area contributed by atoms with E-state index in [9.17, 15) is 5.26 Å². The summed E-state index contributed by atoms with van der Waals surface area (Å²) in [6.45, 7) is 3.96. The molecule has 1 aliphatic heterocycles. The second-order valence-electron chi connectivity index (χ2n) is 10.9. The van der Waals surface area contributed by atoms with Crippen LogP contribution in [-0.2, 0) is 17.6 Å². The summed E-state index contributed by atoms with van der Waals surface area (Å²) in [6, 6.07) is 11.3. The summed E-state index contributed by atoms with van der Waals surface area (Å²) >= 11 is 6.58. The van der Waals surface area contributed by atoms with E-state index in [2.05, 4.69) is 55.3 Å². The number of pyridine rings is 2. The molecule has 3 N–H and O–H groups in total. The highest BCUT2D eigenvalue weighted by molar-refractivity contribution is 6.33. The lowest BCUT2D eigenvalue weighted by atomic mass is 9.82. The number of nitriles is 1. The van der Waals surface area contributed by atoms with Crippen molar-refractivity contribution in [2.45, 2.75) is 70.4 Å². The van der Waals surface area contributed by atoms with E-state index >= 15 is 0 Å². The highest BCUT2D eigenvalue weighted by Crippen LogP contribution is 2.32. The van der Waals surface area contributed by atoms with Crippen molar-refractivity contribution in [2.75, 3.05) is 25.1 Å². The molecule has 0 radical (unpaired) electrons. The molecule has 0 bridgehead atoms. The van der Waals surface area contributed by atoms with Crippen molar-refractivity contribution in [3.05, 3.63) is 47.0 Å². The lowest BCUT2D eigenvalue weighted by molar-refractivity contribution is 0.0455. The first-order valence-corrected chi connectivity index (χ1v) is 14.2. The van der Waals surface area contributed by atoms with E-state index in [4.69, 9.17) is 21.3 Å². The van der Waals surface area contributed by atoms with Crippen molar-refractivity contribution < 1.29 is 4.74 Å². The second kappa shape index (κ2) is 12.8. The number of nitrogens with one attached hydrogen (secondary N) is 3. The van der Waals surface area contributed by atoms with Gasteiger partial charge >= 0.3 is 0 Å². The van der Waals surface area contributed by atoms with Crippen LogP contribution < -0.4 is 10.6 Å². The Morgan fingerprint density at radius 2 is 2.05 bits per heavy atom. The van der Waals surface area contributed by atoms with Crippen LogP contribution in [-0.4, -0.2) is 62.4 Å². The summed E-state index contributed by atoms with van der Waals surface area (Å²) in [4.78, 5) is 9.46. The van der Waals surface area contributed by atoms with Crippen molar-refractivity contribution in [3.63, 3.8) is 0 Å². The van der Waals surface area contributed by atoms with Crippen LogP contribution in [0.5, 0.6) is 0 Å². The fourth-order valence-corrected chi connectivity index (χ4v) is 5.86. The first-order valence-electron chi connectivity index (χ1n) is 13.8. The van der Waals surface area contributed by atoms with E-state index < -0.39 is 5.41 Å². The summed E-state index contributed by atoms with van der Waals surface area (Å²) in [6.07, 6.45) is 9.52. The Hall–Kier alpha value is -3.13. The first kappa shape index (κ1) is 27.4. The van der Waals surface area contributed by atoms with Crippen LogP contribution in [0.25, 0.3) is 11.3 Å². The van der Waals surface area contributed by atoms with Gasteiger partial charge in [0.2, 0.25) is 0 Å². The van der Waals surface area contributed by atoms with Gasteiger partial charge in [-0.1, -0.05) is 22.9 Å². The zero-order valence-electron chi connectivity index (χ0n) is 22.4. The number of ether oxygens (including phenoxy) is 1. The number of rotatable bonds is 10. The summed E-state index contributed by atoms with van der Waals surface area (Å²) in [5.74, 6) is 2.08. The molecule has 4 heterocycles. The van der Waals surface area contributed by atoms with Crippen LogP contribution in [0.4, 0.5) is 5.82 Å². The minimum absolute atomic E-state index is 0.310. The molecule has 3 aromatic rings. The Balaban J connectivity index is 1.16. The van der Waals surface area contributed by atoms with Gasteiger partial charge in [0.05, 0.1) is 22.2 Å². The van der Waals surface area contributed by atoms with Gasteiger partial charge in [0.25, 0.3) is 0 Å². The Labute approximate surface area is 234 Å². The van der Waals surface area contributed by atoms with Gasteiger partial charge in [0, 0.05) is 55.7 Å². The maximum atomic E-state index is 9.75. The molecule has 39 heavy (non-hydrogen) atoms. The zero-order chi connectivity index (χ0) is 27.1. The molecule has 1 saturated carbocycles. The van der Waals surface area contributed by atoms with Gasteiger partial charge in [-0.2, -0.15) is 10.5 Å². The van der Waals surface area contributed by atoms with Crippen molar-refractivity contribution in [1.29, 1.82) is 5.26 Å². The summed E-state index contributed by atoms with van der Waals surface area (Å²) in [5.41, 5.74) is 2.31. The van der Waals surface area contributed by atoms with Gasteiger partial charge in [0.1, 0.15) is 5.82 Å². The number of halogens is 1. The molecule has 5 rings (SSSR count). The highest BCUT2D eigenvalue weighted by atomic mass is 35.5. The van der Waals surface area contributed by atoms with E-state index in [1.54, 1.807) is 6.20 Å². The summed E-state index contributed by atoms with van der Waals surface area (Å²) in [7, 11) is 0. The number of nitrogens with zero attached hydrogens (tertiary/aromatic N) is 6. The average molecular weight is 550 g/mol. The smallest absolute Gasteiger partial charge is 0.176 e. The Kier molecular flexibility index (Phi) is 9.02. The number of H-pyrrole nitrogens is 1. The maximum absolute atomic E-state index is 9.75. The molecule has 0 unspecified atom stereocenters. The number of tetrazole rings is 1. The van der Waals surface area contributed by atoms with Crippen LogP contribution in [0.3, 0.4) is 0 Å². The van der Waals surface area contributed by atoms with E-state index in [-0.39, 0.29) is 0 Å². The van der Waals surface area contributed by atoms with Crippen LogP contribution in [0.15, 0.2) is 30.5 Å². The predicted octanol–water partition coefficient (Wildman–Crippen LogP) is 4.36. The standard InChI is InChI=1S/C28H36ClN9O/c1-19(13-27-35-37-38-36-27)33-21-7-5-20(6-8-21)14-22-15-23(24(29)16-31-22)25-3-2-4-26(34-25)32-18-28(17-30)9-11-39-12-10-28/h2-4,15-16,19-21,33H,5-14,18H2,1H3,(H,32,34)(H,35,36,37,38)/t19-,20?,21?/m0/s1. The Bertz CT molecular complexity index is 1250. The fourth-order valence-electron chi connectivity index (χ4n) is 5.66. The zero-order valence-corrected chi connectivity index (χ0v) is 23.1. The molecule has 0 spiro atoms. The lowest BCUT2D eigenvalue weighted by Gasteiger charge is -2.31. The SMILES string of the molecule is C[C@@H](Cc1nn[nH]n1)NC1CCC(Cc2cc(-c3cccc(NCC4(C#N)CCOCC4)n3)c(Cl)cn2)CC1. The van der Waals surface area contributed by atoms with Gasteiger partial charge in [-0.25, -0.2) is 4.98 Å². The van der Waals surface area contributed by atoms with Crippen LogP contribution in [0, 0.1) is 22.7 Å². The topological polar surface area (TPSA) is 137 Å². The number of aromatic nitrogens is 6. The molecule has 10 nitrogen and oxygen atoms in total. The largest absolute Gasteiger partial charge is 0.381 e. The van der Waals surface area contributed by atoms with Crippen molar-refractivity contribution in [2.24, 2.45) is 11.3 Å². The number of aromatic amines is 1. The van der Waals surface area contributed by atoms with E-state index in [0.717, 1.165) is 80.0 Å². The van der Waals surface area contributed by atoms with Gasteiger partial charge in [0.15, 0.2) is 5.82 Å². The van der Waals surface area contributed by atoms with Gasteiger partial charge in [-0.3, -0.25) is 4.98 Å². The summed E-state index contributed by atoms with van der Waals surface area (Å²) < 4.78 is 5.45. The first-order chi connectivity index (χ1) is 19.0. The van der Waals surface area contributed by atoms with Crippen LogP contribution >= 0.6 is 11.6 Å². The molecule has 1 atom stereocenters. The fraction of sp³-hybridized carbons (Fsp3) is 0.571. The van der Waals surface area contributed by atoms with E-state index in [1.807, 2.05) is 18.2 Å². The normalized spacial score (nSPS) is 21.7. The molecule has 3 aromatic heterocycles. The van der Waals surface area contributed by atoms with Gasteiger partial charge in [-0.15, -0.1) is 10.2 Å². The predicted molar refractivity (Wildman–Crippen MR) is 149 cm³/mol. The number of hydrogen-bond acceptors (Lipinski definition) is 9. The third kappa shape index (κ3) is 7.29. The second-order valence-corrected chi connectivity index (χ2v) is 11.4. The Morgan fingerprint density at radius 3 is 2.79 bits per heavy atom. The molecule has 2 fully saturated rings. The van der Waals surface area contributed by atoms with Gasteiger partial charge < -0.3 is 15.4 Å². The maximum Gasteiger partial charge on any atom is 0.176 e. The molecule has 0 amide bonds. The molecular weight excluding hydrogens is 514 g/mol. The lowest BCUT2D eigenvalue weighted by Crippen LogP contribution is -2.40.